The van der Waals surface area contributed by atoms with E-state index in [4.69, 9.17) is 0 Å². The van der Waals surface area contributed by atoms with Gasteiger partial charge in [-0.2, -0.15) is 0 Å². The van der Waals surface area contributed by atoms with Gasteiger partial charge < -0.3 is 28.8 Å². The Morgan fingerprint density at radius 1 is 0.600 bits per heavy atom. The van der Waals surface area contributed by atoms with Crippen LogP contribution in [0.15, 0.2) is 60.7 Å². The van der Waals surface area contributed by atoms with E-state index in [0.717, 1.165) is 22.1 Å². The molecular formula is C24H36N2O4. The molecule has 0 saturated heterocycles. The molecule has 0 heterocycles. The molecule has 6 nitrogen and oxygen atoms in total. The fourth-order valence-corrected chi connectivity index (χ4v) is 2.47. The molecule has 0 spiro atoms. The average Bonchev–Trinajstić information content (AvgIpc) is 2.60. The number of carboxylic acids is 2. The average molecular weight is 417 g/mol. The Morgan fingerprint density at radius 2 is 0.867 bits per heavy atom. The van der Waals surface area contributed by atoms with Crippen molar-refractivity contribution in [2.45, 2.75) is 25.9 Å². The molecule has 2 rings (SSSR count). The van der Waals surface area contributed by atoms with Crippen molar-refractivity contribution in [1.29, 1.82) is 0 Å². The molecular weight excluding hydrogens is 380 g/mol. The Morgan fingerprint density at radius 3 is 1.07 bits per heavy atom. The predicted molar refractivity (Wildman–Crippen MR) is 116 cm³/mol. The topological polar surface area (TPSA) is 80.3 Å². The van der Waals surface area contributed by atoms with Crippen molar-refractivity contribution >= 4 is 11.9 Å². The molecule has 0 saturated carbocycles. The Kier molecular flexibility index (Phi) is 12.3. The summed E-state index contributed by atoms with van der Waals surface area (Å²) >= 11 is 0. The first-order valence-corrected chi connectivity index (χ1v) is 9.87. The van der Waals surface area contributed by atoms with Crippen molar-refractivity contribution in [3.63, 3.8) is 0 Å². The summed E-state index contributed by atoms with van der Waals surface area (Å²) < 4.78 is 1.98. The third-order valence-electron chi connectivity index (χ3n) is 3.53. The van der Waals surface area contributed by atoms with Gasteiger partial charge in [0.25, 0.3) is 0 Å². The lowest BCUT2D eigenvalue weighted by atomic mass is 10.2. The van der Waals surface area contributed by atoms with E-state index >= 15 is 0 Å². The molecule has 0 radical (unpaired) electrons. The Labute approximate surface area is 181 Å². The van der Waals surface area contributed by atoms with Crippen molar-refractivity contribution in [1.82, 2.24) is 0 Å². The van der Waals surface area contributed by atoms with E-state index in [0.29, 0.717) is 0 Å². The number of nitrogens with zero attached hydrogens (tertiary/aromatic N) is 2. The normalized spacial score (nSPS) is 10.7. The minimum atomic E-state index is -1.37. The standard InChI is InChI=1S/2C10H16N.C4H6O4/c2*1-11(2,3)9-10-7-5-4-6-8-10;5-3(6)1-2-4(7)8/h2*4-8H,9H2,1-3H3;1-2H2,(H,5,6)(H,7,8)/q2*+1;/p-2. The van der Waals surface area contributed by atoms with Crippen molar-refractivity contribution in [2.24, 2.45) is 0 Å². The summed E-state index contributed by atoms with van der Waals surface area (Å²) in [4.78, 5) is 19.0. The Bertz CT molecular complexity index is 668. The molecule has 30 heavy (non-hydrogen) atoms. The quantitative estimate of drug-likeness (QED) is 0.632. The highest BCUT2D eigenvalue weighted by atomic mass is 16.4. The van der Waals surface area contributed by atoms with E-state index in [1.54, 1.807) is 0 Å². The summed E-state index contributed by atoms with van der Waals surface area (Å²) in [5.74, 6) is -2.73. The number of benzene rings is 2. The molecule has 0 unspecified atom stereocenters. The van der Waals surface area contributed by atoms with Crippen LogP contribution in [-0.2, 0) is 22.7 Å². The lowest BCUT2D eigenvalue weighted by molar-refractivity contribution is -0.884. The third kappa shape index (κ3) is 18.7. The van der Waals surface area contributed by atoms with E-state index in [1.807, 2.05) is 0 Å². The lowest BCUT2D eigenvalue weighted by Gasteiger charge is -2.23. The van der Waals surface area contributed by atoms with Crippen LogP contribution in [-0.4, -0.2) is 63.2 Å². The maximum atomic E-state index is 9.50. The van der Waals surface area contributed by atoms with E-state index in [-0.39, 0.29) is 0 Å². The van der Waals surface area contributed by atoms with Gasteiger partial charge in [-0.15, -0.1) is 0 Å². The van der Waals surface area contributed by atoms with Crippen LogP contribution in [0.5, 0.6) is 0 Å². The molecule has 0 N–H and O–H groups in total. The zero-order valence-electron chi connectivity index (χ0n) is 19.1. The maximum Gasteiger partial charge on any atom is 0.104 e. The number of quaternary nitrogens is 2. The van der Waals surface area contributed by atoms with Gasteiger partial charge in [0.1, 0.15) is 13.1 Å². The SMILES string of the molecule is C[N+](C)(C)Cc1ccccc1.C[N+](C)(C)Cc1ccccc1.O=C([O-])CCC(=O)[O-]. The van der Waals surface area contributed by atoms with Gasteiger partial charge in [0.15, 0.2) is 0 Å². The zero-order valence-corrected chi connectivity index (χ0v) is 19.1. The summed E-state index contributed by atoms with van der Waals surface area (Å²) in [6, 6.07) is 21.1. The number of carbonyl (C=O) groups excluding carboxylic acids is 2. The largest absolute Gasteiger partial charge is 0.550 e. The molecule has 2 aromatic rings. The third-order valence-corrected chi connectivity index (χ3v) is 3.53. The number of hydrogen-bond donors (Lipinski definition) is 0. The molecule has 0 aliphatic rings. The second-order valence-corrected chi connectivity index (χ2v) is 9.11. The molecule has 0 bridgehead atoms. The van der Waals surface area contributed by atoms with Gasteiger partial charge in [0.05, 0.1) is 42.3 Å². The van der Waals surface area contributed by atoms with Gasteiger partial charge in [-0.25, -0.2) is 0 Å². The second kappa shape index (κ2) is 13.5. The molecule has 0 fully saturated rings. The first kappa shape index (κ1) is 27.3. The van der Waals surface area contributed by atoms with Crippen molar-refractivity contribution in [3.05, 3.63) is 71.8 Å². The molecule has 166 valence electrons. The van der Waals surface area contributed by atoms with Crippen molar-refractivity contribution in [3.8, 4) is 0 Å². The van der Waals surface area contributed by atoms with E-state index in [2.05, 4.69) is 103 Å². The smallest absolute Gasteiger partial charge is 0.104 e. The first-order chi connectivity index (χ1) is 13.8. The minimum Gasteiger partial charge on any atom is -0.550 e. The van der Waals surface area contributed by atoms with Crippen molar-refractivity contribution in [2.75, 3.05) is 42.3 Å². The molecule has 0 amide bonds. The van der Waals surface area contributed by atoms with Crippen molar-refractivity contribution < 1.29 is 28.8 Å². The van der Waals surface area contributed by atoms with E-state index < -0.39 is 24.8 Å². The zero-order chi connectivity index (χ0) is 23.2. The van der Waals surface area contributed by atoms with Gasteiger partial charge in [0.2, 0.25) is 0 Å². The molecule has 0 atom stereocenters. The summed E-state index contributed by atoms with van der Waals surface area (Å²) in [5, 5.41) is 19.0. The number of carboxylic acid groups (broad SMARTS) is 2. The maximum absolute atomic E-state index is 9.50. The van der Waals surface area contributed by atoms with Crippen LogP contribution < -0.4 is 10.2 Å². The first-order valence-electron chi connectivity index (χ1n) is 9.87. The fourth-order valence-electron chi connectivity index (χ4n) is 2.47. The molecule has 2 aromatic carbocycles. The van der Waals surface area contributed by atoms with Gasteiger partial charge in [-0.1, -0.05) is 60.7 Å². The van der Waals surface area contributed by atoms with Crippen LogP contribution in [0.1, 0.15) is 24.0 Å². The van der Waals surface area contributed by atoms with Gasteiger partial charge in [-0.05, 0) is 12.8 Å². The Hall–Kier alpha value is -2.70. The van der Waals surface area contributed by atoms with Crippen LogP contribution in [0.2, 0.25) is 0 Å². The highest BCUT2D eigenvalue weighted by Crippen LogP contribution is 2.06. The van der Waals surface area contributed by atoms with E-state index in [1.165, 1.54) is 11.1 Å². The van der Waals surface area contributed by atoms with Crippen LogP contribution in [0, 0.1) is 0 Å². The second-order valence-electron chi connectivity index (χ2n) is 9.11. The van der Waals surface area contributed by atoms with E-state index in [9.17, 15) is 19.8 Å². The monoisotopic (exact) mass is 416 g/mol. The van der Waals surface area contributed by atoms with Crippen LogP contribution in [0.4, 0.5) is 0 Å². The summed E-state index contributed by atoms with van der Waals surface area (Å²) in [6.45, 7) is 2.20. The number of hydrogen-bond acceptors (Lipinski definition) is 4. The van der Waals surface area contributed by atoms with Gasteiger partial charge in [-0.3, -0.25) is 0 Å². The highest BCUT2D eigenvalue weighted by molar-refractivity contribution is 5.72. The van der Waals surface area contributed by atoms with Gasteiger partial charge in [0, 0.05) is 23.1 Å². The molecule has 6 heteroatoms. The lowest BCUT2D eigenvalue weighted by Crippen LogP contribution is -2.33. The summed E-state index contributed by atoms with van der Waals surface area (Å²) in [6.07, 6.45) is -0.940. The highest BCUT2D eigenvalue weighted by Gasteiger charge is 2.07. The van der Waals surface area contributed by atoms with Gasteiger partial charge >= 0.3 is 0 Å². The van der Waals surface area contributed by atoms with Crippen LogP contribution >= 0.6 is 0 Å². The summed E-state index contributed by atoms with van der Waals surface area (Å²) in [5.41, 5.74) is 2.81. The number of aliphatic carboxylic acids is 2. The number of rotatable bonds is 7. The van der Waals surface area contributed by atoms with Crippen LogP contribution in [0.25, 0.3) is 0 Å². The Balaban J connectivity index is 0.000000428. The molecule has 0 aliphatic heterocycles. The molecule has 0 aromatic heterocycles. The molecule has 0 aliphatic carbocycles. The predicted octanol–water partition coefficient (Wildman–Crippen LogP) is 1.05. The number of carbonyl (C=O) groups is 2. The minimum absolute atomic E-state index is 0.470. The van der Waals surface area contributed by atoms with Crippen LogP contribution in [0.3, 0.4) is 0 Å². The summed E-state index contributed by atoms with van der Waals surface area (Å²) in [7, 11) is 13.2. The fraction of sp³-hybridized carbons (Fsp3) is 0.417.